The fourth-order valence-corrected chi connectivity index (χ4v) is 5.81. The number of rotatable bonds is 37. The van der Waals surface area contributed by atoms with Crippen LogP contribution >= 0.6 is 0 Å². The topological polar surface area (TPSA) is 93.1 Å². The minimum atomic E-state index is -0.737. The quantitative estimate of drug-likeness (QED) is 0.0510. The van der Waals surface area contributed by atoms with Gasteiger partial charge >= 0.3 is 17.9 Å². The second-order valence-electron chi connectivity index (χ2n) is 14.4. The van der Waals surface area contributed by atoms with Gasteiger partial charge in [0.25, 0.3) is 0 Å². The third-order valence-corrected chi connectivity index (χ3v) is 9.06. The van der Waals surface area contributed by atoms with Gasteiger partial charge in [-0.15, -0.1) is 0 Å². The minimum absolute atomic E-state index is 0.181. The van der Waals surface area contributed by atoms with Crippen molar-refractivity contribution in [1.82, 2.24) is 4.90 Å². The molecule has 0 heterocycles. The molecule has 49 heavy (non-hydrogen) atoms. The SMILES string of the molecule is CCCCCCCCCCCCCCCCOC(=O)CCCC(=O)OCCCCCCCCCCCCCCCC.CN(C)CCC(=O)O. The highest BCUT2D eigenvalue weighted by Crippen LogP contribution is 2.14. The van der Waals surface area contributed by atoms with Gasteiger partial charge in [-0.1, -0.05) is 181 Å². The molecule has 0 saturated heterocycles. The second-order valence-corrected chi connectivity index (χ2v) is 14.4. The molecule has 0 rings (SSSR count). The Balaban J connectivity index is 0. The number of aliphatic carboxylic acids is 1. The highest BCUT2D eigenvalue weighted by molar-refractivity contribution is 5.72. The Labute approximate surface area is 304 Å². The van der Waals surface area contributed by atoms with E-state index in [1.54, 1.807) is 0 Å². The van der Waals surface area contributed by atoms with Crippen molar-refractivity contribution in [1.29, 1.82) is 0 Å². The molecule has 0 aliphatic heterocycles. The number of ether oxygens (including phenoxy) is 2. The van der Waals surface area contributed by atoms with Crippen LogP contribution in [-0.2, 0) is 23.9 Å². The second kappa shape index (κ2) is 42.5. The molecule has 0 atom stereocenters. The zero-order valence-corrected chi connectivity index (χ0v) is 33.2. The Hall–Kier alpha value is -1.63. The van der Waals surface area contributed by atoms with E-state index in [1.165, 1.54) is 154 Å². The molecular formula is C42H83NO6. The van der Waals surface area contributed by atoms with Crippen molar-refractivity contribution >= 4 is 17.9 Å². The first kappa shape index (κ1) is 49.5. The number of unbranched alkanes of at least 4 members (excludes halogenated alkanes) is 26. The Bertz CT molecular complexity index is 653. The lowest BCUT2D eigenvalue weighted by atomic mass is 10.0. The number of carboxylic acid groups (broad SMARTS) is 1. The van der Waals surface area contributed by atoms with Gasteiger partial charge in [0.1, 0.15) is 0 Å². The van der Waals surface area contributed by atoms with Gasteiger partial charge in [-0.05, 0) is 33.4 Å². The van der Waals surface area contributed by atoms with Gasteiger partial charge in [0.05, 0.1) is 19.6 Å². The largest absolute Gasteiger partial charge is 0.481 e. The standard InChI is InChI=1S/C37H72O4.C5H11NO2/c1-3-5-7-9-11-13-15-17-19-21-23-25-27-29-34-40-36(38)32-31-33-37(39)41-35-30-28-26-24-22-20-18-16-14-12-10-8-6-4-2;1-6(2)4-3-5(7)8/h3-35H2,1-2H3;3-4H2,1-2H3,(H,7,8). The monoisotopic (exact) mass is 698 g/mol. The van der Waals surface area contributed by atoms with E-state index in [2.05, 4.69) is 13.8 Å². The summed E-state index contributed by atoms with van der Waals surface area (Å²) in [5.41, 5.74) is 0. The van der Waals surface area contributed by atoms with Crippen LogP contribution in [0.5, 0.6) is 0 Å². The molecule has 0 saturated carbocycles. The lowest BCUT2D eigenvalue weighted by Crippen LogP contribution is -2.15. The van der Waals surface area contributed by atoms with Gasteiger partial charge in [-0.25, -0.2) is 0 Å². The summed E-state index contributed by atoms with van der Waals surface area (Å²) < 4.78 is 10.7. The molecule has 292 valence electrons. The van der Waals surface area contributed by atoms with Gasteiger partial charge in [0.2, 0.25) is 0 Å². The van der Waals surface area contributed by atoms with Crippen molar-refractivity contribution in [3.63, 3.8) is 0 Å². The molecule has 0 aromatic rings. The average Bonchev–Trinajstić information content (AvgIpc) is 3.07. The first-order valence-electron chi connectivity index (χ1n) is 21.0. The molecule has 0 radical (unpaired) electrons. The smallest absolute Gasteiger partial charge is 0.305 e. The lowest BCUT2D eigenvalue weighted by molar-refractivity contribution is -0.145. The van der Waals surface area contributed by atoms with E-state index >= 15 is 0 Å². The maximum absolute atomic E-state index is 11.9. The van der Waals surface area contributed by atoms with Crippen LogP contribution in [-0.4, -0.2) is 61.8 Å². The molecule has 7 nitrogen and oxygen atoms in total. The first-order valence-corrected chi connectivity index (χ1v) is 21.0. The third kappa shape index (κ3) is 48.5. The summed E-state index contributed by atoms with van der Waals surface area (Å²) in [7, 11) is 3.70. The summed E-state index contributed by atoms with van der Waals surface area (Å²) in [6, 6.07) is 0. The third-order valence-electron chi connectivity index (χ3n) is 9.06. The molecule has 0 spiro atoms. The van der Waals surface area contributed by atoms with Crippen LogP contribution in [0.3, 0.4) is 0 Å². The highest BCUT2D eigenvalue weighted by Gasteiger charge is 2.07. The predicted molar refractivity (Wildman–Crippen MR) is 207 cm³/mol. The number of carboxylic acids is 1. The Morgan fingerprint density at radius 2 is 0.673 bits per heavy atom. The fraction of sp³-hybridized carbons (Fsp3) is 0.929. The summed E-state index contributed by atoms with van der Waals surface area (Å²) in [5.74, 6) is -1.10. The molecule has 7 heteroatoms. The van der Waals surface area contributed by atoms with Crippen LogP contribution in [0.4, 0.5) is 0 Å². The van der Waals surface area contributed by atoms with E-state index in [9.17, 15) is 14.4 Å². The van der Waals surface area contributed by atoms with Crippen molar-refractivity contribution in [3.8, 4) is 0 Å². The van der Waals surface area contributed by atoms with E-state index in [0.29, 0.717) is 39.0 Å². The zero-order chi connectivity index (χ0) is 36.5. The molecule has 0 aliphatic rings. The average molecular weight is 698 g/mol. The zero-order valence-electron chi connectivity index (χ0n) is 33.2. The molecule has 0 fully saturated rings. The van der Waals surface area contributed by atoms with Crippen LogP contribution in [0.2, 0.25) is 0 Å². The normalized spacial score (nSPS) is 11.0. The molecule has 0 aromatic carbocycles. The summed E-state index contributed by atoms with van der Waals surface area (Å²) in [6.45, 7) is 6.20. The Kier molecular flexibility index (Phi) is 43.0. The van der Waals surface area contributed by atoms with Crippen LogP contribution in [0.25, 0.3) is 0 Å². The molecule has 0 unspecified atom stereocenters. The molecule has 1 N–H and O–H groups in total. The van der Waals surface area contributed by atoms with E-state index in [-0.39, 0.29) is 18.4 Å². The molecular weight excluding hydrogens is 614 g/mol. The van der Waals surface area contributed by atoms with E-state index < -0.39 is 5.97 Å². The van der Waals surface area contributed by atoms with Crippen molar-refractivity contribution in [2.75, 3.05) is 33.9 Å². The number of nitrogens with zero attached hydrogens (tertiary/aromatic N) is 1. The van der Waals surface area contributed by atoms with Crippen molar-refractivity contribution in [2.45, 2.75) is 219 Å². The van der Waals surface area contributed by atoms with Gasteiger partial charge in [-0.3, -0.25) is 14.4 Å². The summed E-state index contributed by atoms with van der Waals surface area (Å²) >= 11 is 0. The molecule has 0 aliphatic carbocycles. The molecule has 0 amide bonds. The van der Waals surface area contributed by atoms with E-state index in [1.807, 2.05) is 19.0 Å². The van der Waals surface area contributed by atoms with Crippen molar-refractivity contribution in [2.24, 2.45) is 0 Å². The maximum Gasteiger partial charge on any atom is 0.305 e. The molecule has 0 aromatic heterocycles. The fourth-order valence-electron chi connectivity index (χ4n) is 5.81. The van der Waals surface area contributed by atoms with Crippen LogP contribution in [0.15, 0.2) is 0 Å². The maximum atomic E-state index is 11.9. The minimum Gasteiger partial charge on any atom is -0.481 e. The van der Waals surface area contributed by atoms with Gasteiger partial charge in [-0.2, -0.15) is 0 Å². The lowest BCUT2D eigenvalue weighted by Gasteiger charge is -2.06. The molecule has 0 bridgehead atoms. The van der Waals surface area contributed by atoms with Crippen molar-refractivity contribution in [3.05, 3.63) is 0 Å². The van der Waals surface area contributed by atoms with E-state index in [0.717, 1.165) is 25.7 Å². The van der Waals surface area contributed by atoms with E-state index in [4.69, 9.17) is 14.6 Å². The first-order chi connectivity index (χ1) is 23.8. The van der Waals surface area contributed by atoms with Crippen molar-refractivity contribution < 1.29 is 29.0 Å². The number of esters is 2. The Morgan fingerprint density at radius 3 is 0.898 bits per heavy atom. The number of carbonyl (C=O) groups excluding carboxylic acids is 2. The summed E-state index contributed by atoms with van der Waals surface area (Å²) in [5, 5.41) is 8.14. The van der Waals surface area contributed by atoms with Crippen LogP contribution in [0, 0.1) is 0 Å². The number of hydrogen-bond acceptors (Lipinski definition) is 6. The summed E-state index contributed by atoms with van der Waals surface area (Å²) in [6.07, 6.45) is 38.4. The highest BCUT2D eigenvalue weighted by atomic mass is 16.5. The van der Waals surface area contributed by atoms with Crippen LogP contribution in [0.1, 0.15) is 219 Å². The Morgan fingerprint density at radius 1 is 0.408 bits per heavy atom. The summed E-state index contributed by atoms with van der Waals surface area (Å²) in [4.78, 5) is 35.5. The van der Waals surface area contributed by atoms with Gasteiger partial charge in [0.15, 0.2) is 0 Å². The predicted octanol–water partition coefficient (Wildman–Crippen LogP) is 12.2. The van der Waals surface area contributed by atoms with Gasteiger partial charge < -0.3 is 19.5 Å². The van der Waals surface area contributed by atoms with Crippen LogP contribution < -0.4 is 0 Å². The number of carbonyl (C=O) groups is 3. The number of hydrogen-bond donors (Lipinski definition) is 1. The van der Waals surface area contributed by atoms with Gasteiger partial charge in [0, 0.05) is 19.4 Å².